The quantitative estimate of drug-likeness (QED) is 0.273. The summed E-state index contributed by atoms with van der Waals surface area (Å²) in [6, 6.07) is 18.2. The molecule has 4 rings (SSSR count). The van der Waals surface area contributed by atoms with Gasteiger partial charge in [-0.3, -0.25) is 4.79 Å². The molecule has 0 bridgehead atoms. The van der Waals surface area contributed by atoms with Gasteiger partial charge in [0.15, 0.2) is 11.0 Å². The highest BCUT2D eigenvalue weighted by Gasteiger charge is 2.08. The molecule has 7 nitrogen and oxygen atoms in total. The van der Waals surface area contributed by atoms with Crippen LogP contribution in [-0.4, -0.2) is 31.2 Å². The van der Waals surface area contributed by atoms with E-state index >= 15 is 0 Å². The van der Waals surface area contributed by atoms with Crippen molar-refractivity contribution in [2.24, 2.45) is 5.10 Å². The second-order valence-electron chi connectivity index (χ2n) is 7.02. The average Bonchev–Trinajstić information content (AvgIpc) is 3.45. The molecule has 2 heterocycles. The second kappa shape index (κ2) is 9.67. The Bertz CT molecular complexity index is 1230. The Labute approximate surface area is 194 Å². The number of carbonyl (C=O) groups is 1. The third-order valence-electron chi connectivity index (χ3n) is 4.45. The van der Waals surface area contributed by atoms with E-state index in [0.717, 1.165) is 22.1 Å². The molecule has 9 heteroatoms. The molecule has 0 saturated carbocycles. The minimum atomic E-state index is -0.310. The predicted octanol–water partition coefficient (Wildman–Crippen LogP) is 5.63. The van der Waals surface area contributed by atoms with Gasteiger partial charge in [0, 0.05) is 47.4 Å². The van der Waals surface area contributed by atoms with Gasteiger partial charge in [0.25, 0.3) is 5.91 Å². The molecule has 162 valence electrons. The molecule has 0 aliphatic carbocycles. The van der Waals surface area contributed by atoms with Crippen LogP contribution in [0.5, 0.6) is 0 Å². The summed E-state index contributed by atoms with van der Waals surface area (Å²) < 4.78 is 5.55. The number of halogens is 1. The highest BCUT2D eigenvalue weighted by molar-refractivity contribution is 7.14. The molecule has 0 radical (unpaired) electrons. The summed E-state index contributed by atoms with van der Waals surface area (Å²) in [5.74, 6) is 0.952. The molecule has 2 aromatic heterocycles. The van der Waals surface area contributed by atoms with Crippen molar-refractivity contribution in [2.75, 3.05) is 24.3 Å². The molecular weight excluding hydrogens is 446 g/mol. The first-order valence-corrected chi connectivity index (χ1v) is 10.9. The van der Waals surface area contributed by atoms with E-state index < -0.39 is 0 Å². The molecular formula is C23H20ClN5O2S. The number of carbonyl (C=O) groups excluding carboxylic acids is 1. The van der Waals surface area contributed by atoms with Gasteiger partial charge >= 0.3 is 0 Å². The fourth-order valence-electron chi connectivity index (χ4n) is 2.78. The largest absolute Gasteiger partial charge is 0.440 e. The van der Waals surface area contributed by atoms with Gasteiger partial charge in [-0.25, -0.2) is 10.4 Å². The van der Waals surface area contributed by atoms with Crippen LogP contribution in [0, 0.1) is 0 Å². The SMILES string of the molecule is CN(C)c1ccc(/C=N\NC(=O)c2ccc(-c3csc(Nc4ccc(Cl)cc4)n3)cc2)o1. The van der Waals surface area contributed by atoms with Gasteiger partial charge in [0.2, 0.25) is 0 Å². The summed E-state index contributed by atoms with van der Waals surface area (Å²) in [5.41, 5.74) is 5.65. The van der Waals surface area contributed by atoms with Crippen molar-refractivity contribution >= 4 is 51.8 Å². The van der Waals surface area contributed by atoms with E-state index in [9.17, 15) is 4.79 Å². The molecule has 0 aliphatic heterocycles. The molecule has 0 unspecified atom stereocenters. The van der Waals surface area contributed by atoms with E-state index in [0.29, 0.717) is 22.2 Å². The number of hydrazone groups is 1. The number of aromatic nitrogens is 1. The fourth-order valence-corrected chi connectivity index (χ4v) is 3.65. The van der Waals surface area contributed by atoms with Gasteiger partial charge in [-0.15, -0.1) is 11.3 Å². The Balaban J connectivity index is 1.36. The van der Waals surface area contributed by atoms with Crippen molar-refractivity contribution in [1.82, 2.24) is 10.4 Å². The Morgan fingerprint density at radius 3 is 2.53 bits per heavy atom. The van der Waals surface area contributed by atoms with Crippen molar-refractivity contribution in [3.8, 4) is 11.3 Å². The minimum Gasteiger partial charge on any atom is -0.440 e. The lowest BCUT2D eigenvalue weighted by atomic mass is 10.1. The minimum absolute atomic E-state index is 0.310. The van der Waals surface area contributed by atoms with Crippen LogP contribution in [0.2, 0.25) is 5.02 Å². The summed E-state index contributed by atoms with van der Waals surface area (Å²) in [4.78, 5) is 18.8. The molecule has 0 fully saturated rings. The molecule has 0 saturated heterocycles. The number of benzene rings is 2. The zero-order chi connectivity index (χ0) is 22.5. The molecule has 0 spiro atoms. The monoisotopic (exact) mass is 465 g/mol. The van der Waals surface area contributed by atoms with Crippen molar-refractivity contribution < 1.29 is 9.21 Å². The maximum absolute atomic E-state index is 12.3. The summed E-state index contributed by atoms with van der Waals surface area (Å²) in [6.45, 7) is 0. The van der Waals surface area contributed by atoms with Crippen LogP contribution in [0.3, 0.4) is 0 Å². The van der Waals surface area contributed by atoms with Gasteiger partial charge in [-0.2, -0.15) is 5.10 Å². The number of hydrogen-bond acceptors (Lipinski definition) is 7. The summed E-state index contributed by atoms with van der Waals surface area (Å²) in [6.07, 6.45) is 1.46. The number of amides is 1. The summed E-state index contributed by atoms with van der Waals surface area (Å²) in [5, 5.41) is 10.6. The zero-order valence-electron chi connectivity index (χ0n) is 17.4. The van der Waals surface area contributed by atoms with E-state index in [1.54, 1.807) is 18.2 Å². The first-order valence-electron chi connectivity index (χ1n) is 9.67. The van der Waals surface area contributed by atoms with Crippen LogP contribution < -0.4 is 15.6 Å². The van der Waals surface area contributed by atoms with Gasteiger partial charge in [0.1, 0.15) is 5.76 Å². The Morgan fingerprint density at radius 2 is 1.84 bits per heavy atom. The van der Waals surface area contributed by atoms with Crippen LogP contribution in [0.25, 0.3) is 11.3 Å². The van der Waals surface area contributed by atoms with Gasteiger partial charge < -0.3 is 14.6 Å². The Morgan fingerprint density at radius 1 is 1.09 bits per heavy atom. The Hall–Kier alpha value is -3.62. The standard InChI is InChI=1S/C23H20ClN5O2S/c1-29(2)21-12-11-19(31-21)13-25-28-22(30)16-5-3-15(4-6-16)20-14-32-23(27-20)26-18-9-7-17(24)8-10-18/h3-14H,1-2H3,(H,26,27)(H,28,30)/b25-13-. The van der Waals surface area contributed by atoms with E-state index in [-0.39, 0.29) is 5.91 Å². The topological polar surface area (TPSA) is 82.8 Å². The van der Waals surface area contributed by atoms with Crippen molar-refractivity contribution in [1.29, 1.82) is 0 Å². The summed E-state index contributed by atoms with van der Waals surface area (Å²) in [7, 11) is 3.77. The van der Waals surface area contributed by atoms with Crippen LogP contribution in [-0.2, 0) is 0 Å². The average molecular weight is 466 g/mol. The third kappa shape index (κ3) is 5.35. The van der Waals surface area contributed by atoms with Crippen LogP contribution >= 0.6 is 22.9 Å². The normalized spacial score (nSPS) is 11.0. The number of furan rings is 1. The number of anilines is 3. The Kier molecular flexibility index (Phi) is 6.53. The molecule has 32 heavy (non-hydrogen) atoms. The molecule has 2 N–H and O–H groups in total. The van der Waals surface area contributed by atoms with Crippen molar-refractivity contribution in [3.05, 3.63) is 82.4 Å². The number of hydrogen-bond donors (Lipinski definition) is 2. The molecule has 4 aromatic rings. The van der Waals surface area contributed by atoms with Crippen LogP contribution in [0.15, 0.2) is 75.6 Å². The first kappa shape index (κ1) is 21.6. The number of thiazole rings is 1. The number of nitrogens with one attached hydrogen (secondary N) is 2. The number of nitrogens with zero attached hydrogens (tertiary/aromatic N) is 3. The summed E-state index contributed by atoms with van der Waals surface area (Å²) >= 11 is 7.42. The zero-order valence-corrected chi connectivity index (χ0v) is 18.9. The highest BCUT2D eigenvalue weighted by atomic mass is 35.5. The molecule has 1 amide bonds. The van der Waals surface area contributed by atoms with E-state index in [1.165, 1.54) is 17.6 Å². The third-order valence-corrected chi connectivity index (χ3v) is 5.46. The lowest BCUT2D eigenvalue weighted by Crippen LogP contribution is -2.17. The predicted molar refractivity (Wildman–Crippen MR) is 130 cm³/mol. The first-order chi connectivity index (χ1) is 15.5. The van der Waals surface area contributed by atoms with Gasteiger partial charge in [0.05, 0.1) is 11.9 Å². The maximum Gasteiger partial charge on any atom is 0.271 e. The molecule has 2 aromatic carbocycles. The van der Waals surface area contributed by atoms with E-state index in [2.05, 4.69) is 20.8 Å². The lowest BCUT2D eigenvalue weighted by molar-refractivity contribution is 0.0955. The van der Waals surface area contributed by atoms with Crippen LogP contribution in [0.1, 0.15) is 16.1 Å². The second-order valence-corrected chi connectivity index (χ2v) is 8.31. The lowest BCUT2D eigenvalue weighted by Gasteiger charge is -2.05. The fraction of sp³-hybridized carbons (Fsp3) is 0.0870. The van der Waals surface area contributed by atoms with Crippen LogP contribution in [0.4, 0.5) is 16.7 Å². The van der Waals surface area contributed by atoms with E-state index in [4.69, 9.17) is 16.0 Å². The highest BCUT2D eigenvalue weighted by Crippen LogP contribution is 2.27. The van der Waals surface area contributed by atoms with Crippen molar-refractivity contribution in [2.45, 2.75) is 0 Å². The molecule has 0 atom stereocenters. The van der Waals surface area contributed by atoms with E-state index in [1.807, 2.05) is 66.8 Å². The van der Waals surface area contributed by atoms with Gasteiger partial charge in [-0.05, 0) is 42.5 Å². The van der Waals surface area contributed by atoms with Gasteiger partial charge in [-0.1, -0.05) is 23.7 Å². The molecule has 0 aliphatic rings. The number of rotatable bonds is 7. The smallest absolute Gasteiger partial charge is 0.271 e. The van der Waals surface area contributed by atoms with Crippen molar-refractivity contribution in [3.63, 3.8) is 0 Å². The maximum atomic E-state index is 12.3.